The molecule has 1 unspecified atom stereocenters. The molecular weight excluding hydrogens is 432 g/mol. The number of methoxy groups -OCH3 is 1. The third-order valence-corrected chi connectivity index (χ3v) is 5.15. The highest BCUT2D eigenvalue weighted by Gasteiger charge is 2.49. The van der Waals surface area contributed by atoms with E-state index in [2.05, 4.69) is 0 Å². The number of carbonyl (C=O) groups is 2. The van der Waals surface area contributed by atoms with Crippen molar-refractivity contribution in [2.45, 2.75) is 6.04 Å². The highest BCUT2D eigenvalue weighted by Crippen LogP contribution is 2.43. The Morgan fingerprint density at radius 1 is 1.16 bits per heavy atom. The molecule has 2 aromatic carbocycles. The molecule has 1 atom stereocenters. The van der Waals surface area contributed by atoms with Crippen molar-refractivity contribution in [1.82, 2.24) is 0 Å². The van der Waals surface area contributed by atoms with Gasteiger partial charge >= 0.3 is 0 Å². The van der Waals surface area contributed by atoms with Gasteiger partial charge in [0.1, 0.15) is 34.9 Å². The summed E-state index contributed by atoms with van der Waals surface area (Å²) >= 11 is 6.11. The maximum Gasteiger partial charge on any atom is 0.300 e. The minimum Gasteiger partial charge on any atom is -0.507 e. The SMILES string of the molecule is COc1ccc(/C(O)=C2/C(=O)C(=O)N(c3cc(F)ccc3F)C2c2ccco2)cc1Cl. The first kappa shape index (κ1) is 20.6. The Bertz CT molecular complexity index is 1220. The number of hydrogen-bond acceptors (Lipinski definition) is 5. The zero-order chi connectivity index (χ0) is 22.3. The fourth-order valence-corrected chi connectivity index (χ4v) is 3.69. The van der Waals surface area contributed by atoms with Crippen LogP contribution in [0.25, 0.3) is 5.76 Å². The lowest BCUT2D eigenvalue weighted by Gasteiger charge is -2.23. The van der Waals surface area contributed by atoms with Crippen LogP contribution in [-0.2, 0) is 9.59 Å². The third kappa shape index (κ3) is 3.44. The van der Waals surface area contributed by atoms with Gasteiger partial charge in [0.2, 0.25) is 0 Å². The van der Waals surface area contributed by atoms with Crippen LogP contribution < -0.4 is 9.64 Å². The van der Waals surface area contributed by atoms with E-state index in [-0.39, 0.29) is 21.9 Å². The van der Waals surface area contributed by atoms with E-state index >= 15 is 0 Å². The molecule has 1 aromatic heterocycles. The number of amides is 1. The number of carbonyl (C=O) groups excluding carboxylic acids is 2. The Kier molecular flexibility index (Phi) is 5.24. The van der Waals surface area contributed by atoms with E-state index in [0.29, 0.717) is 5.75 Å². The second-order valence-corrected chi connectivity index (χ2v) is 7.04. The summed E-state index contributed by atoms with van der Waals surface area (Å²) < 4.78 is 38.8. The summed E-state index contributed by atoms with van der Waals surface area (Å²) in [6.07, 6.45) is 1.29. The van der Waals surface area contributed by atoms with Crippen LogP contribution in [0, 0.1) is 11.6 Å². The van der Waals surface area contributed by atoms with Crippen molar-refractivity contribution in [3.8, 4) is 5.75 Å². The molecule has 4 rings (SSSR count). The maximum absolute atomic E-state index is 14.5. The Labute approximate surface area is 179 Å². The Morgan fingerprint density at radius 2 is 1.94 bits per heavy atom. The summed E-state index contributed by atoms with van der Waals surface area (Å²) in [5, 5.41) is 11.1. The summed E-state index contributed by atoms with van der Waals surface area (Å²) in [6, 6.07) is 8.41. The lowest BCUT2D eigenvalue weighted by Crippen LogP contribution is -2.30. The minimum absolute atomic E-state index is 0.0732. The van der Waals surface area contributed by atoms with Crippen LogP contribution in [0.3, 0.4) is 0 Å². The standard InChI is InChI=1S/C22H14ClF2NO5/c1-30-16-7-4-11(9-13(16)23)20(27)18-19(17-3-2-8-31-17)26(22(29)21(18)28)15-10-12(24)5-6-14(15)25/h2-10,19,27H,1H3/b20-18-. The highest BCUT2D eigenvalue weighted by atomic mass is 35.5. The summed E-state index contributed by atoms with van der Waals surface area (Å²) in [5.41, 5.74) is -0.694. The predicted octanol–water partition coefficient (Wildman–Crippen LogP) is 4.85. The molecular formula is C22H14ClF2NO5. The van der Waals surface area contributed by atoms with E-state index in [1.807, 2.05) is 0 Å². The second-order valence-electron chi connectivity index (χ2n) is 6.63. The van der Waals surface area contributed by atoms with E-state index in [9.17, 15) is 23.5 Å². The van der Waals surface area contributed by atoms with E-state index < -0.39 is 40.8 Å². The first-order chi connectivity index (χ1) is 14.8. The van der Waals surface area contributed by atoms with Gasteiger partial charge in [-0.05, 0) is 42.5 Å². The number of halogens is 3. The Morgan fingerprint density at radius 3 is 2.58 bits per heavy atom. The van der Waals surface area contributed by atoms with Crippen molar-refractivity contribution in [2.75, 3.05) is 12.0 Å². The van der Waals surface area contributed by atoms with Gasteiger partial charge in [-0.2, -0.15) is 0 Å². The number of aliphatic hydroxyl groups excluding tert-OH is 1. The van der Waals surface area contributed by atoms with Crippen LogP contribution in [0.2, 0.25) is 5.02 Å². The van der Waals surface area contributed by atoms with Crippen molar-refractivity contribution >= 4 is 34.7 Å². The van der Waals surface area contributed by atoms with Gasteiger partial charge in [0, 0.05) is 11.6 Å². The van der Waals surface area contributed by atoms with Crippen LogP contribution in [0.4, 0.5) is 14.5 Å². The molecule has 1 saturated heterocycles. The molecule has 1 fully saturated rings. The molecule has 0 radical (unpaired) electrons. The first-order valence-electron chi connectivity index (χ1n) is 8.97. The van der Waals surface area contributed by atoms with E-state index in [1.165, 1.54) is 43.7 Å². The highest BCUT2D eigenvalue weighted by molar-refractivity contribution is 6.51. The van der Waals surface area contributed by atoms with Crippen molar-refractivity contribution in [1.29, 1.82) is 0 Å². The van der Waals surface area contributed by atoms with Gasteiger partial charge in [0.25, 0.3) is 11.7 Å². The molecule has 1 aliphatic heterocycles. The van der Waals surface area contributed by atoms with Gasteiger partial charge in [-0.15, -0.1) is 0 Å². The number of Topliss-reactive ketones (excluding diaryl/α,β-unsaturated/α-hetero) is 1. The number of furan rings is 1. The third-order valence-electron chi connectivity index (χ3n) is 4.85. The second kappa shape index (κ2) is 7.88. The number of anilines is 1. The van der Waals surface area contributed by atoms with Crippen molar-refractivity contribution in [3.63, 3.8) is 0 Å². The fourth-order valence-electron chi connectivity index (χ4n) is 3.44. The zero-order valence-corrected chi connectivity index (χ0v) is 16.7. The fraction of sp³-hybridized carbons (Fsp3) is 0.0909. The zero-order valence-electron chi connectivity index (χ0n) is 15.9. The number of nitrogens with zero attached hydrogens (tertiary/aromatic N) is 1. The summed E-state index contributed by atoms with van der Waals surface area (Å²) in [6.45, 7) is 0. The molecule has 3 aromatic rings. The molecule has 0 bridgehead atoms. The maximum atomic E-state index is 14.5. The lowest BCUT2D eigenvalue weighted by atomic mass is 9.99. The minimum atomic E-state index is -1.33. The average molecular weight is 446 g/mol. The molecule has 0 spiro atoms. The Balaban J connectivity index is 1.94. The van der Waals surface area contributed by atoms with Crippen LogP contribution >= 0.6 is 11.6 Å². The van der Waals surface area contributed by atoms with E-state index in [0.717, 1.165) is 23.1 Å². The summed E-state index contributed by atoms with van der Waals surface area (Å²) in [7, 11) is 1.41. The number of rotatable bonds is 4. The van der Waals surface area contributed by atoms with Gasteiger partial charge in [-0.1, -0.05) is 11.6 Å². The molecule has 158 valence electrons. The van der Waals surface area contributed by atoms with Gasteiger partial charge in [-0.25, -0.2) is 8.78 Å². The first-order valence-corrected chi connectivity index (χ1v) is 9.34. The molecule has 31 heavy (non-hydrogen) atoms. The smallest absolute Gasteiger partial charge is 0.300 e. The van der Waals surface area contributed by atoms with Crippen molar-refractivity contribution in [3.05, 3.63) is 88.3 Å². The average Bonchev–Trinajstić information content (AvgIpc) is 3.36. The Hall–Kier alpha value is -3.65. The summed E-state index contributed by atoms with van der Waals surface area (Å²) in [4.78, 5) is 26.5. The topological polar surface area (TPSA) is 80.0 Å². The molecule has 1 amide bonds. The van der Waals surface area contributed by atoms with Crippen molar-refractivity contribution < 1.29 is 32.6 Å². The van der Waals surface area contributed by atoms with Crippen LogP contribution in [0.5, 0.6) is 5.75 Å². The molecule has 6 nitrogen and oxygen atoms in total. The van der Waals surface area contributed by atoms with Gasteiger partial charge < -0.3 is 14.3 Å². The number of aliphatic hydroxyl groups is 1. The quantitative estimate of drug-likeness (QED) is 0.353. The number of hydrogen-bond donors (Lipinski definition) is 1. The molecule has 1 N–H and O–H groups in total. The van der Waals surface area contributed by atoms with Gasteiger partial charge in [0.15, 0.2) is 0 Å². The molecule has 9 heteroatoms. The predicted molar refractivity (Wildman–Crippen MR) is 108 cm³/mol. The van der Waals surface area contributed by atoms with Gasteiger partial charge in [0.05, 0.1) is 29.7 Å². The van der Waals surface area contributed by atoms with Crippen LogP contribution in [0.15, 0.2) is 64.8 Å². The lowest BCUT2D eigenvalue weighted by molar-refractivity contribution is -0.132. The van der Waals surface area contributed by atoms with Crippen molar-refractivity contribution in [2.24, 2.45) is 0 Å². The normalized spacial score (nSPS) is 17.9. The monoisotopic (exact) mass is 445 g/mol. The number of benzene rings is 2. The molecule has 0 saturated carbocycles. The van der Waals surface area contributed by atoms with E-state index in [4.69, 9.17) is 20.8 Å². The van der Waals surface area contributed by atoms with Crippen LogP contribution in [-0.4, -0.2) is 23.9 Å². The largest absolute Gasteiger partial charge is 0.507 e. The molecule has 0 aliphatic carbocycles. The molecule has 1 aliphatic rings. The summed E-state index contributed by atoms with van der Waals surface area (Å²) in [5.74, 6) is -4.11. The van der Waals surface area contributed by atoms with Gasteiger partial charge in [-0.3, -0.25) is 14.5 Å². The molecule has 2 heterocycles. The van der Waals surface area contributed by atoms with E-state index in [1.54, 1.807) is 0 Å². The van der Waals surface area contributed by atoms with Crippen LogP contribution in [0.1, 0.15) is 17.4 Å². The number of ketones is 1. The number of ether oxygens (including phenoxy) is 1.